The van der Waals surface area contributed by atoms with Crippen LogP contribution in [-0.4, -0.2) is 0 Å². The summed E-state index contributed by atoms with van der Waals surface area (Å²) in [6.45, 7) is 1.54. The van der Waals surface area contributed by atoms with E-state index in [1.54, 1.807) is 6.92 Å². The van der Waals surface area contributed by atoms with E-state index in [0.29, 0.717) is 5.57 Å². The van der Waals surface area contributed by atoms with Crippen molar-refractivity contribution in [3.8, 4) is 0 Å². The van der Waals surface area contributed by atoms with Crippen molar-refractivity contribution in [3.05, 3.63) is 23.8 Å². The zero-order valence-corrected chi connectivity index (χ0v) is 4.69. The summed E-state index contributed by atoms with van der Waals surface area (Å²) < 4.78 is 12.1. The third-order valence-electron chi connectivity index (χ3n) is 0.773. The first kappa shape index (κ1) is 7.01. The quantitative estimate of drug-likeness (QED) is 0.493. The average Bonchev–Trinajstić information content (AvgIpc) is 1.84. The van der Waals surface area contributed by atoms with Crippen LogP contribution in [-0.2, 0) is 0 Å². The lowest BCUT2D eigenvalue weighted by Crippen LogP contribution is -1.88. The van der Waals surface area contributed by atoms with Gasteiger partial charge in [0.15, 0.2) is 0 Å². The van der Waals surface area contributed by atoms with Gasteiger partial charge in [-0.25, -0.2) is 4.39 Å². The van der Waals surface area contributed by atoms with E-state index in [1.807, 2.05) is 0 Å². The summed E-state index contributed by atoms with van der Waals surface area (Å²) in [7, 11) is 0. The Hall–Kier alpha value is -0.990. The van der Waals surface area contributed by atoms with Gasteiger partial charge in [0.25, 0.3) is 0 Å². The van der Waals surface area contributed by atoms with Crippen molar-refractivity contribution < 1.29 is 4.39 Å². The molecule has 0 aliphatic carbocycles. The molecule has 0 aliphatic heterocycles. The highest BCUT2D eigenvalue weighted by atomic mass is 19.1. The van der Waals surface area contributed by atoms with E-state index < -0.39 is 5.83 Å². The molecule has 0 amide bonds. The van der Waals surface area contributed by atoms with Crippen LogP contribution in [0.2, 0.25) is 0 Å². The van der Waals surface area contributed by atoms with E-state index in [0.717, 1.165) is 6.20 Å². The van der Waals surface area contributed by atoms with Crippen LogP contribution >= 0.6 is 0 Å². The smallest absolute Gasteiger partial charge is 0.142 e. The zero-order chi connectivity index (χ0) is 6.57. The van der Waals surface area contributed by atoms with E-state index in [1.165, 1.54) is 6.20 Å². The lowest BCUT2D eigenvalue weighted by atomic mass is 10.3. The third-order valence-corrected chi connectivity index (χ3v) is 0.773. The third kappa shape index (κ3) is 1.64. The molecule has 0 rings (SSSR count). The first-order valence-electron chi connectivity index (χ1n) is 2.18. The zero-order valence-electron chi connectivity index (χ0n) is 4.69. The minimum Gasteiger partial charge on any atom is -0.404 e. The van der Waals surface area contributed by atoms with Crippen LogP contribution in [0, 0.1) is 0 Å². The molecule has 4 N–H and O–H groups in total. The number of allylic oxidation sites excluding steroid dienone is 2. The number of hydrogen-bond donors (Lipinski definition) is 2. The van der Waals surface area contributed by atoms with Gasteiger partial charge in [0.05, 0.1) is 0 Å². The second kappa shape index (κ2) is 3.07. The van der Waals surface area contributed by atoms with Gasteiger partial charge in [-0.05, 0) is 13.1 Å². The van der Waals surface area contributed by atoms with Crippen molar-refractivity contribution in [3.63, 3.8) is 0 Å². The topological polar surface area (TPSA) is 52.0 Å². The predicted molar refractivity (Wildman–Crippen MR) is 31.3 cm³/mol. The molecule has 0 bridgehead atoms. The Balaban J connectivity index is 4.04. The molecule has 0 aromatic rings. The first-order chi connectivity index (χ1) is 3.72. The van der Waals surface area contributed by atoms with Gasteiger partial charge < -0.3 is 11.5 Å². The number of nitrogens with two attached hydrogens (primary N) is 2. The summed E-state index contributed by atoms with van der Waals surface area (Å²) in [6, 6.07) is 0. The fourth-order valence-electron chi connectivity index (χ4n) is 0.211. The van der Waals surface area contributed by atoms with Crippen LogP contribution < -0.4 is 11.5 Å². The van der Waals surface area contributed by atoms with Crippen LogP contribution in [0.1, 0.15) is 6.92 Å². The lowest BCUT2D eigenvalue weighted by molar-refractivity contribution is 0.647. The maximum Gasteiger partial charge on any atom is 0.142 e. The van der Waals surface area contributed by atoms with Crippen LogP contribution in [0.4, 0.5) is 4.39 Å². The first-order valence-corrected chi connectivity index (χ1v) is 2.18. The maximum atomic E-state index is 12.1. The molecular weight excluding hydrogens is 107 g/mol. The van der Waals surface area contributed by atoms with E-state index in [4.69, 9.17) is 11.5 Å². The molecule has 0 aliphatic rings. The summed E-state index contributed by atoms with van der Waals surface area (Å²) in [6.07, 6.45) is 2.04. The van der Waals surface area contributed by atoms with Gasteiger partial charge in [-0.3, -0.25) is 0 Å². The van der Waals surface area contributed by atoms with Gasteiger partial charge in [0.2, 0.25) is 0 Å². The van der Waals surface area contributed by atoms with Crippen molar-refractivity contribution in [1.82, 2.24) is 0 Å². The van der Waals surface area contributed by atoms with Gasteiger partial charge in [-0.15, -0.1) is 0 Å². The van der Waals surface area contributed by atoms with Crippen molar-refractivity contribution in [2.24, 2.45) is 11.5 Å². The molecule has 8 heavy (non-hydrogen) atoms. The fraction of sp³-hybridized carbons (Fsp3) is 0.200. The molecule has 0 radical (unpaired) electrons. The molecule has 3 heteroatoms. The molecule has 0 saturated heterocycles. The largest absolute Gasteiger partial charge is 0.404 e. The summed E-state index contributed by atoms with van der Waals surface area (Å²) >= 11 is 0. The van der Waals surface area contributed by atoms with Gasteiger partial charge in [0, 0.05) is 11.8 Å². The Bertz CT molecular complexity index is 110. The fourth-order valence-corrected chi connectivity index (χ4v) is 0.211. The van der Waals surface area contributed by atoms with Crippen molar-refractivity contribution in [2.45, 2.75) is 6.92 Å². The number of hydrogen-bond acceptors (Lipinski definition) is 2. The lowest BCUT2D eigenvalue weighted by Gasteiger charge is -1.90. The molecule has 0 spiro atoms. The highest BCUT2D eigenvalue weighted by Gasteiger charge is 1.91. The van der Waals surface area contributed by atoms with Crippen LogP contribution in [0.3, 0.4) is 0 Å². The van der Waals surface area contributed by atoms with Crippen molar-refractivity contribution in [2.75, 3.05) is 0 Å². The molecule has 0 saturated carbocycles. The van der Waals surface area contributed by atoms with E-state index in [9.17, 15) is 4.39 Å². The molecule has 0 aromatic carbocycles. The predicted octanol–water partition coefficient (Wildman–Crippen LogP) is 0.619. The molecule has 46 valence electrons. The van der Waals surface area contributed by atoms with Crippen LogP contribution in [0.5, 0.6) is 0 Å². The second-order valence-corrected chi connectivity index (χ2v) is 1.36. The molecular formula is C5H9FN2. The Morgan fingerprint density at radius 3 is 2.00 bits per heavy atom. The Labute approximate surface area is 47.7 Å². The molecule has 0 fully saturated rings. The Kier molecular flexibility index (Phi) is 2.69. The highest BCUT2D eigenvalue weighted by Crippen LogP contribution is 2.05. The molecule has 2 nitrogen and oxygen atoms in total. The normalized spacial score (nSPS) is 14.2. The maximum absolute atomic E-state index is 12.1. The number of rotatable bonds is 1. The van der Waals surface area contributed by atoms with Gasteiger partial charge >= 0.3 is 0 Å². The number of halogens is 1. The Morgan fingerprint density at radius 2 is 1.88 bits per heavy atom. The van der Waals surface area contributed by atoms with E-state index >= 15 is 0 Å². The van der Waals surface area contributed by atoms with Gasteiger partial charge in [-0.2, -0.15) is 0 Å². The van der Waals surface area contributed by atoms with Crippen molar-refractivity contribution >= 4 is 0 Å². The SMILES string of the molecule is CC(=C/N)/C(F)=C\N. The summed E-state index contributed by atoms with van der Waals surface area (Å²) in [5.74, 6) is -0.479. The minimum absolute atomic E-state index is 0.354. The minimum atomic E-state index is -0.479. The van der Waals surface area contributed by atoms with E-state index in [2.05, 4.69) is 0 Å². The van der Waals surface area contributed by atoms with Crippen LogP contribution in [0.25, 0.3) is 0 Å². The Morgan fingerprint density at radius 1 is 1.38 bits per heavy atom. The summed E-state index contributed by atoms with van der Waals surface area (Å²) in [5, 5.41) is 0. The monoisotopic (exact) mass is 116 g/mol. The van der Waals surface area contributed by atoms with Crippen molar-refractivity contribution in [1.29, 1.82) is 0 Å². The molecule has 0 heterocycles. The second-order valence-electron chi connectivity index (χ2n) is 1.36. The molecule has 0 unspecified atom stereocenters. The average molecular weight is 116 g/mol. The highest BCUT2D eigenvalue weighted by molar-refractivity contribution is 5.20. The molecule has 0 atom stereocenters. The van der Waals surface area contributed by atoms with Crippen LogP contribution in [0.15, 0.2) is 23.8 Å². The summed E-state index contributed by atoms with van der Waals surface area (Å²) in [5.41, 5.74) is 10.1. The van der Waals surface area contributed by atoms with Gasteiger partial charge in [-0.1, -0.05) is 0 Å². The van der Waals surface area contributed by atoms with Gasteiger partial charge in [0.1, 0.15) is 5.83 Å². The van der Waals surface area contributed by atoms with E-state index in [-0.39, 0.29) is 0 Å². The standard InChI is InChI=1S/C5H9FN2/c1-4(2-7)5(6)3-8/h2-3H,7-8H2,1H3/b4-2-,5-3+. The molecule has 0 aromatic heterocycles. The summed E-state index contributed by atoms with van der Waals surface area (Å²) in [4.78, 5) is 0.